The summed E-state index contributed by atoms with van der Waals surface area (Å²) < 4.78 is 2.20. The molecule has 0 saturated heterocycles. The van der Waals surface area contributed by atoms with E-state index in [9.17, 15) is 0 Å². The van der Waals surface area contributed by atoms with Gasteiger partial charge in [-0.2, -0.15) is 0 Å². The van der Waals surface area contributed by atoms with Crippen LogP contribution in [0.5, 0.6) is 0 Å². The minimum atomic E-state index is 0. The number of aromatic nitrogens is 3. The second-order valence-corrected chi connectivity index (χ2v) is 5.73. The smallest absolute Gasteiger partial charge is 0.191 e. The summed E-state index contributed by atoms with van der Waals surface area (Å²) in [5.74, 6) is 2.91. The Morgan fingerprint density at radius 3 is 2.83 bits per heavy atom. The third kappa shape index (κ3) is 4.93. The van der Waals surface area contributed by atoms with Gasteiger partial charge < -0.3 is 15.2 Å². The summed E-state index contributed by atoms with van der Waals surface area (Å²) in [4.78, 5) is 4.26. The molecule has 0 bridgehead atoms. The van der Waals surface area contributed by atoms with E-state index in [4.69, 9.17) is 0 Å². The Balaban J connectivity index is 0.00000208. The van der Waals surface area contributed by atoms with E-state index in [0.29, 0.717) is 6.54 Å². The standard InChI is InChI=1S/C17H24N6.HI/c1-18-17(19-11-5-9-14-7-3-2-4-8-14)20-13-16-22-21-15-10-6-12-23(15)16;/h2-4,7-8H,5-6,9-13H2,1H3,(H2,18,19,20);1H. The predicted octanol–water partition coefficient (Wildman–Crippen LogP) is 2.14. The molecular weight excluding hydrogens is 415 g/mol. The Morgan fingerprint density at radius 2 is 2.04 bits per heavy atom. The van der Waals surface area contributed by atoms with Gasteiger partial charge in [-0.05, 0) is 24.8 Å². The number of nitrogens with zero attached hydrogens (tertiary/aromatic N) is 4. The molecule has 0 fully saturated rings. The van der Waals surface area contributed by atoms with Crippen LogP contribution in [0.15, 0.2) is 35.3 Å². The molecule has 2 N–H and O–H groups in total. The zero-order chi connectivity index (χ0) is 15.9. The van der Waals surface area contributed by atoms with Gasteiger partial charge in [0.1, 0.15) is 5.82 Å². The molecule has 1 aromatic heterocycles. The SMILES string of the molecule is CN=C(NCCCc1ccccc1)NCc1nnc2n1CCC2.I. The Bertz CT molecular complexity index is 652. The van der Waals surface area contributed by atoms with Crippen LogP contribution in [-0.2, 0) is 25.9 Å². The van der Waals surface area contributed by atoms with Gasteiger partial charge >= 0.3 is 0 Å². The van der Waals surface area contributed by atoms with Crippen molar-refractivity contribution in [1.29, 1.82) is 0 Å². The monoisotopic (exact) mass is 440 g/mol. The summed E-state index contributed by atoms with van der Waals surface area (Å²) in [7, 11) is 1.79. The summed E-state index contributed by atoms with van der Waals surface area (Å²) in [5.41, 5.74) is 1.37. The summed E-state index contributed by atoms with van der Waals surface area (Å²) >= 11 is 0. The van der Waals surface area contributed by atoms with Crippen LogP contribution in [0.1, 0.15) is 30.1 Å². The first-order valence-electron chi connectivity index (χ1n) is 8.26. The maximum absolute atomic E-state index is 4.26. The van der Waals surface area contributed by atoms with Crippen LogP contribution in [0, 0.1) is 0 Å². The van der Waals surface area contributed by atoms with Gasteiger partial charge in [-0.25, -0.2) is 0 Å². The van der Waals surface area contributed by atoms with Gasteiger partial charge in [0.25, 0.3) is 0 Å². The first-order chi connectivity index (χ1) is 11.4. The second-order valence-electron chi connectivity index (χ2n) is 5.73. The summed E-state index contributed by atoms with van der Waals surface area (Å²) in [6, 6.07) is 10.5. The number of hydrogen-bond acceptors (Lipinski definition) is 3. The van der Waals surface area contributed by atoms with Gasteiger partial charge in [0.15, 0.2) is 11.8 Å². The Morgan fingerprint density at radius 1 is 1.21 bits per heavy atom. The molecule has 0 aliphatic carbocycles. The Labute approximate surface area is 160 Å². The molecule has 1 aliphatic rings. The highest BCUT2D eigenvalue weighted by Crippen LogP contribution is 2.13. The average Bonchev–Trinajstić information content (AvgIpc) is 3.19. The minimum Gasteiger partial charge on any atom is -0.356 e. The van der Waals surface area contributed by atoms with Gasteiger partial charge in [0.2, 0.25) is 0 Å². The summed E-state index contributed by atoms with van der Waals surface area (Å²) in [6.45, 7) is 2.58. The molecule has 2 heterocycles. The molecule has 0 atom stereocenters. The van der Waals surface area contributed by atoms with E-state index in [1.165, 1.54) is 12.0 Å². The van der Waals surface area contributed by atoms with Gasteiger partial charge in [-0.1, -0.05) is 30.3 Å². The number of aliphatic imine (C=N–C) groups is 1. The Kier molecular flexibility index (Phi) is 7.48. The highest BCUT2D eigenvalue weighted by Gasteiger charge is 2.16. The van der Waals surface area contributed by atoms with Crippen molar-refractivity contribution in [3.05, 3.63) is 47.5 Å². The van der Waals surface area contributed by atoms with Gasteiger partial charge in [-0.15, -0.1) is 34.2 Å². The second kappa shape index (κ2) is 9.61. The third-order valence-electron chi connectivity index (χ3n) is 4.10. The van der Waals surface area contributed by atoms with Crippen molar-refractivity contribution >= 4 is 29.9 Å². The van der Waals surface area contributed by atoms with E-state index in [1.807, 2.05) is 0 Å². The first kappa shape index (κ1) is 18.7. The maximum Gasteiger partial charge on any atom is 0.191 e. The van der Waals surface area contributed by atoms with Crippen LogP contribution in [0.2, 0.25) is 0 Å². The zero-order valence-corrected chi connectivity index (χ0v) is 16.4. The van der Waals surface area contributed by atoms with Crippen LogP contribution in [0.25, 0.3) is 0 Å². The average molecular weight is 440 g/mol. The number of rotatable bonds is 6. The van der Waals surface area contributed by atoms with Crippen LogP contribution < -0.4 is 10.6 Å². The van der Waals surface area contributed by atoms with E-state index in [-0.39, 0.29) is 24.0 Å². The summed E-state index contributed by atoms with van der Waals surface area (Å²) in [6.07, 6.45) is 4.36. The molecule has 0 saturated carbocycles. The molecule has 24 heavy (non-hydrogen) atoms. The first-order valence-corrected chi connectivity index (χ1v) is 8.26. The highest BCUT2D eigenvalue weighted by molar-refractivity contribution is 14.0. The third-order valence-corrected chi connectivity index (χ3v) is 4.10. The lowest BCUT2D eigenvalue weighted by molar-refractivity contribution is 0.660. The van der Waals surface area contributed by atoms with Crippen molar-refractivity contribution in [2.75, 3.05) is 13.6 Å². The Hall–Kier alpha value is -1.64. The maximum atomic E-state index is 4.26. The molecule has 130 valence electrons. The fourth-order valence-electron chi connectivity index (χ4n) is 2.87. The number of aryl methyl sites for hydroxylation is 2. The number of hydrogen-bond donors (Lipinski definition) is 2. The predicted molar refractivity (Wildman–Crippen MR) is 107 cm³/mol. The van der Waals surface area contributed by atoms with E-state index in [1.54, 1.807) is 7.05 Å². The van der Waals surface area contributed by atoms with Gasteiger partial charge in [-0.3, -0.25) is 4.99 Å². The molecule has 1 aromatic carbocycles. The number of benzene rings is 1. The molecule has 0 unspecified atom stereocenters. The summed E-state index contributed by atoms with van der Waals surface area (Å²) in [5, 5.41) is 15.1. The molecule has 3 rings (SSSR count). The van der Waals surface area contributed by atoms with Crippen molar-refractivity contribution < 1.29 is 0 Å². The normalized spacial score (nSPS) is 13.3. The van der Waals surface area contributed by atoms with Crippen LogP contribution in [-0.4, -0.2) is 34.3 Å². The zero-order valence-electron chi connectivity index (χ0n) is 14.0. The number of guanidine groups is 1. The van der Waals surface area contributed by atoms with Crippen molar-refractivity contribution in [2.45, 2.75) is 38.8 Å². The van der Waals surface area contributed by atoms with Crippen molar-refractivity contribution in [1.82, 2.24) is 25.4 Å². The lowest BCUT2D eigenvalue weighted by Gasteiger charge is -2.11. The molecular formula is C17H25IN6. The van der Waals surface area contributed by atoms with Crippen molar-refractivity contribution in [2.24, 2.45) is 4.99 Å². The molecule has 0 amide bonds. The molecule has 7 heteroatoms. The quantitative estimate of drug-likeness (QED) is 0.313. The minimum absolute atomic E-state index is 0. The van der Waals surface area contributed by atoms with Gasteiger partial charge in [0.05, 0.1) is 6.54 Å². The fourth-order valence-corrected chi connectivity index (χ4v) is 2.87. The van der Waals surface area contributed by atoms with Crippen LogP contribution in [0.3, 0.4) is 0 Å². The van der Waals surface area contributed by atoms with E-state index >= 15 is 0 Å². The molecule has 0 radical (unpaired) electrons. The van der Waals surface area contributed by atoms with Crippen LogP contribution in [0.4, 0.5) is 0 Å². The molecule has 1 aliphatic heterocycles. The molecule has 6 nitrogen and oxygen atoms in total. The molecule has 2 aromatic rings. The van der Waals surface area contributed by atoms with E-state index < -0.39 is 0 Å². The molecule has 0 spiro atoms. The number of nitrogens with one attached hydrogen (secondary N) is 2. The lowest BCUT2D eigenvalue weighted by atomic mass is 10.1. The largest absolute Gasteiger partial charge is 0.356 e. The van der Waals surface area contributed by atoms with Crippen molar-refractivity contribution in [3.8, 4) is 0 Å². The van der Waals surface area contributed by atoms with Gasteiger partial charge in [0, 0.05) is 26.6 Å². The van der Waals surface area contributed by atoms with Crippen LogP contribution >= 0.6 is 24.0 Å². The van der Waals surface area contributed by atoms with Crippen molar-refractivity contribution in [3.63, 3.8) is 0 Å². The number of halogens is 1. The topological polar surface area (TPSA) is 67.1 Å². The number of fused-ring (bicyclic) bond motifs is 1. The van der Waals surface area contributed by atoms with E-state index in [2.05, 4.69) is 60.7 Å². The fraction of sp³-hybridized carbons (Fsp3) is 0.471. The lowest BCUT2D eigenvalue weighted by Crippen LogP contribution is -2.38. The highest BCUT2D eigenvalue weighted by atomic mass is 127. The van der Waals surface area contributed by atoms with E-state index in [0.717, 1.165) is 50.0 Å².